The standard InChI is InChI=1S/C7H4Cl2O3S/c8-7(10)5-3-1-2-4-6(5)13(9,11)12/h1-4H. The van der Waals surface area contributed by atoms with Crippen molar-refractivity contribution < 1.29 is 13.2 Å². The van der Waals surface area contributed by atoms with Crippen LogP contribution in [0, 0.1) is 0 Å². The predicted molar refractivity (Wildman–Crippen MR) is 49.7 cm³/mol. The first-order valence-corrected chi connectivity index (χ1v) is 5.85. The minimum atomic E-state index is -3.91. The van der Waals surface area contributed by atoms with Crippen LogP contribution < -0.4 is 0 Å². The van der Waals surface area contributed by atoms with Gasteiger partial charge in [-0.3, -0.25) is 4.79 Å². The molecule has 0 radical (unpaired) electrons. The van der Waals surface area contributed by atoms with E-state index in [0.717, 1.165) is 0 Å². The summed E-state index contributed by atoms with van der Waals surface area (Å²) in [5.41, 5.74) is -0.112. The van der Waals surface area contributed by atoms with Gasteiger partial charge < -0.3 is 0 Å². The fourth-order valence-electron chi connectivity index (χ4n) is 0.842. The Morgan fingerprint density at radius 1 is 1.23 bits per heavy atom. The molecule has 1 rings (SSSR count). The van der Waals surface area contributed by atoms with Crippen molar-refractivity contribution in [3.8, 4) is 0 Å². The van der Waals surface area contributed by atoms with Crippen molar-refractivity contribution in [3.05, 3.63) is 29.8 Å². The van der Waals surface area contributed by atoms with Crippen molar-refractivity contribution in [2.24, 2.45) is 0 Å². The molecule has 0 fully saturated rings. The lowest BCUT2D eigenvalue weighted by Gasteiger charge is -1.99. The minimum absolute atomic E-state index is 0.112. The third-order valence-corrected chi connectivity index (χ3v) is 2.95. The van der Waals surface area contributed by atoms with Gasteiger partial charge in [0.25, 0.3) is 14.3 Å². The van der Waals surface area contributed by atoms with E-state index in [1.165, 1.54) is 24.3 Å². The van der Waals surface area contributed by atoms with Crippen molar-refractivity contribution in [2.75, 3.05) is 0 Å². The molecule has 0 saturated heterocycles. The molecule has 0 heterocycles. The molecule has 0 spiro atoms. The highest BCUT2D eigenvalue weighted by atomic mass is 35.7. The van der Waals surface area contributed by atoms with Crippen molar-refractivity contribution >= 4 is 36.6 Å². The zero-order valence-electron chi connectivity index (χ0n) is 6.20. The van der Waals surface area contributed by atoms with Crippen LogP contribution in [0.2, 0.25) is 0 Å². The van der Waals surface area contributed by atoms with Gasteiger partial charge in [0.15, 0.2) is 0 Å². The largest absolute Gasteiger partial charge is 0.276 e. The van der Waals surface area contributed by atoms with E-state index < -0.39 is 14.3 Å². The van der Waals surface area contributed by atoms with Crippen LogP contribution >= 0.6 is 22.3 Å². The van der Waals surface area contributed by atoms with Crippen molar-refractivity contribution in [3.63, 3.8) is 0 Å². The van der Waals surface area contributed by atoms with Gasteiger partial charge in [-0.05, 0) is 23.7 Å². The number of halogens is 2. The van der Waals surface area contributed by atoms with Gasteiger partial charge >= 0.3 is 0 Å². The summed E-state index contributed by atoms with van der Waals surface area (Å²) < 4.78 is 21.8. The number of hydrogen-bond acceptors (Lipinski definition) is 3. The van der Waals surface area contributed by atoms with Gasteiger partial charge in [0.05, 0.1) is 10.5 Å². The summed E-state index contributed by atoms with van der Waals surface area (Å²) in [6, 6.07) is 5.47. The second-order valence-corrected chi connectivity index (χ2v) is 5.09. The van der Waals surface area contributed by atoms with Gasteiger partial charge in [-0.2, -0.15) is 0 Å². The van der Waals surface area contributed by atoms with E-state index in [-0.39, 0.29) is 10.5 Å². The molecule has 0 bridgehead atoms. The van der Waals surface area contributed by atoms with Crippen molar-refractivity contribution in [1.29, 1.82) is 0 Å². The highest BCUT2D eigenvalue weighted by Crippen LogP contribution is 2.20. The first kappa shape index (κ1) is 10.5. The maximum atomic E-state index is 10.9. The van der Waals surface area contributed by atoms with E-state index >= 15 is 0 Å². The Labute approximate surface area is 84.7 Å². The lowest BCUT2D eigenvalue weighted by Crippen LogP contribution is -2.00. The van der Waals surface area contributed by atoms with Crippen LogP contribution in [0.4, 0.5) is 0 Å². The first-order chi connectivity index (χ1) is 5.93. The Morgan fingerprint density at radius 3 is 2.15 bits per heavy atom. The quantitative estimate of drug-likeness (QED) is 0.741. The molecular weight excluding hydrogens is 235 g/mol. The van der Waals surface area contributed by atoms with Crippen LogP contribution in [-0.4, -0.2) is 13.7 Å². The fraction of sp³-hybridized carbons (Fsp3) is 0. The Bertz CT molecular complexity index is 439. The van der Waals surface area contributed by atoms with E-state index in [1.54, 1.807) is 0 Å². The van der Waals surface area contributed by atoms with Crippen molar-refractivity contribution in [1.82, 2.24) is 0 Å². The molecule has 0 aliphatic heterocycles. The molecule has 0 saturated carbocycles. The Morgan fingerprint density at radius 2 is 1.77 bits per heavy atom. The van der Waals surface area contributed by atoms with E-state index in [2.05, 4.69) is 0 Å². The van der Waals surface area contributed by atoms with Crippen LogP contribution in [0.15, 0.2) is 29.2 Å². The smallest absolute Gasteiger partial charge is 0.262 e. The predicted octanol–water partition coefficient (Wildman–Crippen LogP) is 1.99. The Balaban J connectivity index is 3.46. The number of hydrogen-bond donors (Lipinski definition) is 0. The zero-order valence-corrected chi connectivity index (χ0v) is 8.53. The van der Waals surface area contributed by atoms with Gasteiger partial charge in [-0.15, -0.1) is 0 Å². The molecule has 0 aliphatic rings. The third kappa shape index (κ3) is 2.43. The third-order valence-electron chi connectivity index (χ3n) is 1.36. The van der Waals surface area contributed by atoms with Crippen LogP contribution in [0.5, 0.6) is 0 Å². The monoisotopic (exact) mass is 238 g/mol. The van der Waals surface area contributed by atoms with Gasteiger partial charge in [0, 0.05) is 10.7 Å². The molecule has 0 aromatic heterocycles. The molecule has 1 aromatic carbocycles. The highest BCUT2D eigenvalue weighted by Gasteiger charge is 2.18. The summed E-state index contributed by atoms with van der Waals surface area (Å²) in [5.74, 6) is 0. The maximum absolute atomic E-state index is 10.9. The average molecular weight is 239 g/mol. The summed E-state index contributed by atoms with van der Waals surface area (Å²) >= 11 is 5.15. The molecule has 3 nitrogen and oxygen atoms in total. The summed E-state index contributed by atoms with van der Waals surface area (Å²) in [7, 11) is 1.16. The number of benzene rings is 1. The van der Waals surface area contributed by atoms with E-state index in [0.29, 0.717) is 0 Å². The van der Waals surface area contributed by atoms with Gasteiger partial charge in [0.2, 0.25) is 0 Å². The molecule has 70 valence electrons. The first-order valence-electron chi connectivity index (χ1n) is 3.16. The van der Waals surface area contributed by atoms with Gasteiger partial charge in [-0.25, -0.2) is 8.42 Å². The molecular formula is C7H4Cl2O3S. The Hall–Kier alpha value is -0.580. The highest BCUT2D eigenvalue weighted by molar-refractivity contribution is 8.13. The molecule has 13 heavy (non-hydrogen) atoms. The topological polar surface area (TPSA) is 51.2 Å². The minimum Gasteiger partial charge on any atom is -0.276 e. The van der Waals surface area contributed by atoms with Crippen LogP contribution in [-0.2, 0) is 9.05 Å². The fourth-order valence-corrected chi connectivity index (χ4v) is 2.13. The number of carbonyl (C=O) groups excluding carboxylic acids is 1. The second-order valence-electron chi connectivity index (χ2n) is 2.21. The number of rotatable bonds is 2. The molecule has 0 atom stereocenters. The normalized spacial score (nSPS) is 11.2. The zero-order chi connectivity index (χ0) is 10.1. The van der Waals surface area contributed by atoms with E-state index in [4.69, 9.17) is 22.3 Å². The molecule has 0 N–H and O–H groups in total. The summed E-state index contributed by atoms with van der Waals surface area (Å²) in [4.78, 5) is 10.5. The van der Waals surface area contributed by atoms with E-state index in [1.807, 2.05) is 0 Å². The molecule has 1 aromatic rings. The SMILES string of the molecule is O=C(Cl)c1ccccc1S(=O)(=O)Cl. The Kier molecular flexibility index (Phi) is 2.95. The second kappa shape index (κ2) is 3.65. The van der Waals surface area contributed by atoms with Gasteiger partial charge in [0.1, 0.15) is 0 Å². The number of carbonyl (C=O) groups is 1. The average Bonchev–Trinajstić information content (AvgIpc) is 2.03. The molecule has 0 aliphatic carbocycles. The lowest BCUT2D eigenvalue weighted by atomic mass is 10.2. The van der Waals surface area contributed by atoms with Crippen molar-refractivity contribution in [2.45, 2.75) is 4.90 Å². The van der Waals surface area contributed by atoms with Crippen LogP contribution in [0.25, 0.3) is 0 Å². The summed E-state index contributed by atoms with van der Waals surface area (Å²) in [6.45, 7) is 0. The molecule has 0 amide bonds. The molecule has 6 heteroatoms. The summed E-state index contributed by atoms with van der Waals surface area (Å²) in [5, 5.41) is -0.847. The lowest BCUT2D eigenvalue weighted by molar-refractivity contribution is 0.107. The summed E-state index contributed by atoms with van der Waals surface area (Å²) in [6.07, 6.45) is 0. The maximum Gasteiger partial charge on any atom is 0.262 e. The molecule has 0 unspecified atom stereocenters. The van der Waals surface area contributed by atoms with Gasteiger partial charge in [-0.1, -0.05) is 12.1 Å². The van der Waals surface area contributed by atoms with Crippen LogP contribution in [0.3, 0.4) is 0 Å². The van der Waals surface area contributed by atoms with Crippen LogP contribution in [0.1, 0.15) is 10.4 Å². The van der Waals surface area contributed by atoms with E-state index in [9.17, 15) is 13.2 Å².